The summed E-state index contributed by atoms with van der Waals surface area (Å²) in [6.45, 7) is 0.0459. The van der Waals surface area contributed by atoms with Crippen molar-refractivity contribution in [3.63, 3.8) is 0 Å². The predicted octanol–water partition coefficient (Wildman–Crippen LogP) is -0.616. The van der Waals surface area contributed by atoms with Crippen LogP contribution in [0.25, 0.3) is 0 Å². The van der Waals surface area contributed by atoms with Crippen molar-refractivity contribution in [3.05, 3.63) is 24.3 Å². The summed E-state index contributed by atoms with van der Waals surface area (Å²) in [4.78, 5) is 37.3. The van der Waals surface area contributed by atoms with Gasteiger partial charge >= 0.3 is 0 Å². The largest absolute Gasteiger partial charge is 0.482 e. The summed E-state index contributed by atoms with van der Waals surface area (Å²) in [5.41, 5.74) is 5.11. The molecule has 0 aliphatic carbocycles. The van der Waals surface area contributed by atoms with E-state index in [-0.39, 0.29) is 43.4 Å². The van der Waals surface area contributed by atoms with Gasteiger partial charge in [-0.3, -0.25) is 25.2 Å². The van der Waals surface area contributed by atoms with Crippen molar-refractivity contribution in [1.82, 2.24) is 10.9 Å². The summed E-state index contributed by atoms with van der Waals surface area (Å²) < 4.78 is 28.1. The molecule has 3 rings (SSSR count). The molecule has 0 spiro atoms. The second-order valence-corrected chi connectivity index (χ2v) is 8.42. The molecule has 0 bridgehead atoms. The Kier molecular flexibility index (Phi) is 5.12. The summed E-state index contributed by atoms with van der Waals surface area (Å²) >= 11 is 0. The van der Waals surface area contributed by atoms with Gasteiger partial charge in [-0.15, -0.1) is 0 Å². The van der Waals surface area contributed by atoms with Gasteiger partial charge in [0.05, 0.1) is 23.1 Å². The predicted molar refractivity (Wildman–Crippen MR) is 92.0 cm³/mol. The minimum atomic E-state index is -3.17. The first kappa shape index (κ1) is 18.2. The molecule has 0 unspecified atom stereocenters. The topological polar surface area (TPSA) is 122 Å². The molecule has 0 aromatic heterocycles. The fraction of sp³-hybridized carbons (Fsp3) is 0.438. The van der Waals surface area contributed by atoms with E-state index < -0.39 is 27.6 Å². The molecular weight excluding hydrogens is 362 g/mol. The average molecular weight is 381 g/mol. The number of ether oxygens (including phenoxy) is 1. The maximum atomic E-state index is 12.0. The molecule has 10 heteroatoms. The molecule has 1 atom stereocenters. The van der Waals surface area contributed by atoms with Crippen molar-refractivity contribution >= 4 is 33.2 Å². The van der Waals surface area contributed by atoms with E-state index in [2.05, 4.69) is 10.9 Å². The van der Waals surface area contributed by atoms with Crippen molar-refractivity contribution < 1.29 is 27.5 Å². The van der Waals surface area contributed by atoms with Crippen molar-refractivity contribution in [2.45, 2.75) is 12.8 Å². The first-order valence-electron chi connectivity index (χ1n) is 8.17. The Morgan fingerprint density at radius 2 is 2.00 bits per heavy atom. The number of hydrazine groups is 1. The lowest BCUT2D eigenvalue weighted by Gasteiger charge is -2.29. The average Bonchev–Trinajstić information content (AvgIpc) is 2.98. The Balaban J connectivity index is 1.49. The molecule has 0 saturated carbocycles. The van der Waals surface area contributed by atoms with Crippen LogP contribution >= 0.6 is 0 Å². The maximum absolute atomic E-state index is 12.0. The molecule has 0 radical (unpaired) electrons. The minimum absolute atomic E-state index is 0.0163. The number of para-hydroxylation sites is 2. The molecule has 2 aliphatic heterocycles. The number of carbonyl (C=O) groups excluding carboxylic acids is 3. The SMILES string of the molecule is O=C(CCN1C(=O)COc2ccccc21)NNC(=O)[C@@H]1CCS(=O)(=O)C1. The van der Waals surface area contributed by atoms with Crippen LogP contribution < -0.4 is 20.5 Å². The summed E-state index contributed by atoms with van der Waals surface area (Å²) in [5, 5.41) is 0. The Bertz CT molecular complexity index is 838. The zero-order valence-corrected chi connectivity index (χ0v) is 14.8. The first-order chi connectivity index (χ1) is 12.4. The van der Waals surface area contributed by atoms with Crippen LogP contribution in [-0.2, 0) is 24.2 Å². The lowest BCUT2D eigenvalue weighted by Crippen LogP contribution is -2.46. The van der Waals surface area contributed by atoms with Gasteiger partial charge in [-0.25, -0.2) is 8.42 Å². The summed E-state index contributed by atoms with van der Waals surface area (Å²) in [5.74, 6) is -1.54. The van der Waals surface area contributed by atoms with E-state index in [9.17, 15) is 22.8 Å². The molecule has 9 nitrogen and oxygen atoms in total. The van der Waals surface area contributed by atoms with Crippen molar-refractivity contribution in [2.75, 3.05) is 29.6 Å². The molecule has 3 amide bonds. The molecular formula is C16H19N3O6S. The lowest BCUT2D eigenvalue weighted by atomic mass is 10.1. The second-order valence-electron chi connectivity index (χ2n) is 6.19. The highest BCUT2D eigenvalue weighted by Crippen LogP contribution is 2.31. The number of anilines is 1. The monoisotopic (exact) mass is 381 g/mol. The Morgan fingerprint density at radius 3 is 2.73 bits per heavy atom. The Morgan fingerprint density at radius 1 is 1.23 bits per heavy atom. The zero-order valence-electron chi connectivity index (χ0n) is 13.9. The molecule has 1 saturated heterocycles. The van der Waals surface area contributed by atoms with E-state index in [0.717, 1.165) is 0 Å². The van der Waals surface area contributed by atoms with Crippen molar-refractivity contribution in [1.29, 1.82) is 0 Å². The van der Waals surface area contributed by atoms with Crippen molar-refractivity contribution in [2.24, 2.45) is 5.92 Å². The third-order valence-corrected chi connectivity index (χ3v) is 6.07. The van der Waals surface area contributed by atoms with Crippen LogP contribution in [0.4, 0.5) is 5.69 Å². The third kappa shape index (κ3) is 4.13. The van der Waals surface area contributed by atoms with E-state index >= 15 is 0 Å². The van der Waals surface area contributed by atoms with Crippen LogP contribution in [0.1, 0.15) is 12.8 Å². The van der Waals surface area contributed by atoms with E-state index in [1.807, 2.05) is 0 Å². The van der Waals surface area contributed by atoms with Gasteiger partial charge in [-0.05, 0) is 18.6 Å². The number of benzene rings is 1. The number of hydrogen-bond donors (Lipinski definition) is 2. The number of fused-ring (bicyclic) bond motifs is 1. The van der Waals surface area contributed by atoms with Gasteiger partial charge in [0, 0.05) is 13.0 Å². The normalized spacial score (nSPS) is 20.8. The standard InChI is InChI=1S/C16H19N3O6S/c20-14(17-18-16(22)11-6-8-26(23,24)10-11)5-7-19-12-3-1-2-4-13(12)25-9-15(19)21/h1-4,11H,5-10H2,(H,17,20)(H,18,22)/t11-/m1/s1. The van der Waals surface area contributed by atoms with Crippen LogP contribution in [0, 0.1) is 5.92 Å². The fourth-order valence-corrected chi connectivity index (χ4v) is 4.65. The molecule has 1 aromatic rings. The van der Waals surface area contributed by atoms with Gasteiger partial charge in [0.1, 0.15) is 5.75 Å². The van der Waals surface area contributed by atoms with Gasteiger partial charge in [-0.1, -0.05) is 12.1 Å². The van der Waals surface area contributed by atoms with Gasteiger partial charge in [0.2, 0.25) is 11.8 Å². The highest BCUT2D eigenvalue weighted by Gasteiger charge is 2.33. The number of amides is 3. The van der Waals surface area contributed by atoms with E-state index in [0.29, 0.717) is 11.4 Å². The number of hydrogen-bond acceptors (Lipinski definition) is 6. The van der Waals surface area contributed by atoms with Crippen LogP contribution in [0.2, 0.25) is 0 Å². The minimum Gasteiger partial charge on any atom is -0.482 e. The van der Waals surface area contributed by atoms with Crippen LogP contribution in [0.5, 0.6) is 5.75 Å². The van der Waals surface area contributed by atoms with Crippen molar-refractivity contribution in [3.8, 4) is 5.75 Å². The molecule has 140 valence electrons. The second kappa shape index (κ2) is 7.32. The molecule has 2 heterocycles. The number of sulfone groups is 1. The fourth-order valence-electron chi connectivity index (χ4n) is 2.91. The van der Waals surface area contributed by atoms with E-state index in [1.54, 1.807) is 24.3 Å². The maximum Gasteiger partial charge on any atom is 0.265 e. The lowest BCUT2D eigenvalue weighted by molar-refractivity contribution is -0.130. The van der Waals surface area contributed by atoms with Gasteiger partial charge < -0.3 is 9.64 Å². The Hall–Kier alpha value is -2.62. The Labute approximate surface area is 150 Å². The quantitative estimate of drug-likeness (QED) is 0.671. The number of carbonyl (C=O) groups is 3. The highest BCUT2D eigenvalue weighted by molar-refractivity contribution is 7.91. The van der Waals surface area contributed by atoms with Crippen LogP contribution in [-0.4, -0.2) is 50.8 Å². The molecule has 26 heavy (non-hydrogen) atoms. The number of rotatable bonds is 4. The van der Waals surface area contributed by atoms with E-state index in [1.165, 1.54) is 4.90 Å². The zero-order chi connectivity index (χ0) is 18.7. The van der Waals surface area contributed by atoms with E-state index in [4.69, 9.17) is 4.74 Å². The highest BCUT2D eigenvalue weighted by atomic mass is 32.2. The number of nitrogens with one attached hydrogen (secondary N) is 2. The third-order valence-electron chi connectivity index (χ3n) is 4.30. The smallest absolute Gasteiger partial charge is 0.265 e. The van der Waals surface area contributed by atoms with Crippen LogP contribution in [0.15, 0.2) is 24.3 Å². The van der Waals surface area contributed by atoms with Crippen LogP contribution in [0.3, 0.4) is 0 Å². The molecule has 1 aromatic carbocycles. The summed E-state index contributed by atoms with van der Waals surface area (Å²) in [7, 11) is -3.17. The molecule has 2 aliphatic rings. The molecule has 1 fully saturated rings. The van der Waals surface area contributed by atoms with Gasteiger partial charge in [0.15, 0.2) is 16.4 Å². The molecule has 2 N–H and O–H groups in total. The summed E-state index contributed by atoms with van der Waals surface area (Å²) in [6.07, 6.45) is 0.229. The summed E-state index contributed by atoms with van der Waals surface area (Å²) in [6, 6.07) is 7.03. The first-order valence-corrected chi connectivity index (χ1v) is 9.99. The van der Waals surface area contributed by atoms with Gasteiger partial charge in [-0.2, -0.15) is 0 Å². The van der Waals surface area contributed by atoms with Gasteiger partial charge in [0.25, 0.3) is 5.91 Å². The number of nitrogens with zero attached hydrogens (tertiary/aromatic N) is 1.